The summed E-state index contributed by atoms with van der Waals surface area (Å²) in [6.45, 7) is -0.530. The Morgan fingerprint density at radius 1 is 1.57 bits per heavy atom. The van der Waals surface area contributed by atoms with Crippen molar-refractivity contribution in [2.24, 2.45) is 0 Å². The number of Topliss-reactive ketones (excluding diaryl/α,β-unsaturated/α-hetero) is 1. The van der Waals surface area contributed by atoms with Gasteiger partial charge < -0.3 is 5.32 Å². The normalized spacial score (nSPS) is 10.2. The van der Waals surface area contributed by atoms with Crippen molar-refractivity contribution in [3.63, 3.8) is 0 Å². The van der Waals surface area contributed by atoms with Gasteiger partial charge in [-0.25, -0.2) is 4.39 Å². The molecule has 2 nitrogen and oxygen atoms in total. The third kappa shape index (κ3) is 2.30. The standard InChI is InChI=1S/C10H11ClFNO/c1-13-6-10(14)7-3-2-4-9(11)8(7)5-12/h2-4,13H,5-6H2,1H3. The van der Waals surface area contributed by atoms with Crippen molar-refractivity contribution < 1.29 is 9.18 Å². The number of halogens is 2. The smallest absolute Gasteiger partial charge is 0.177 e. The molecular weight excluding hydrogens is 205 g/mol. The topological polar surface area (TPSA) is 29.1 Å². The molecule has 0 aromatic heterocycles. The van der Waals surface area contributed by atoms with E-state index in [-0.39, 0.29) is 17.9 Å². The van der Waals surface area contributed by atoms with Crippen LogP contribution in [0.15, 0.2) is 18.2 Å². The molecule has 1 rings (SSSR count). The lowest BCUT2D eigenvalue weighted by atomic mass is 10.0. The quantitative estimate of drug-likeness (QED) is 0.781. The zero-order valence-electron chi connectivity index (χ0n) is 7.81. The molecular formula is C10H11ClFNO. The van der Waals surface area contributed by atoms with Gasteiger partial charge in [-0.05, 0) is 13.1 Å². The Hall–Kier alpha value is -0.930. The van der Waals surface area contributed by atoms with Gasteiger partial charge in [0.1, 0.15) is 6.67 Å². The lowest BCUT2D eigenvalue weighted by Gasteiger charge is -2.06. The molecule has 0 saturated carbocycles. The van der Waals surface area contributed by atoms with E-state index in [2.05, 4.69) is 5.32 Å². The number of hydrogen-bond donors (Lipinski definition) is 1. The van der Waals surface area contributed by atoms with Crippen molar-refractivity contribution in [2.75, 3.05) is 13.6 Å². The number of carbonyl (C=O) groups excluding carboxylic acids is 1. The Morgan fingerprint density at radius 3 is 2.86 bits per heavy atom. The number of likely N-dealkylation sites (N-methyl/N-ethyl adjacent to an activating group) is 1. The predicted octanol–water partition coefficient (Wildman–Crippen LogP) is 2.21. The number of alkyl halides is 1. The van der Waals surface area contributed by atoms with E-state index in [4.69, 9.17) is 11.6 Å². The van der Waals surface area contributed by atoms with Gasteiger partial charge in [0.05, 0.1) is 6.54 Å². The molecule has 1 aromatic carbocycles. The first-order valence-electron chi connectivity index (χ1n) is 4.22. The summed E-state index contributed by atoms with van der Waals surface area (Å²) >= 11 is 5.76. The Bertz CT molecular complexity index is 341. The second-order valence-corrected chi connectivity index (χ2v) is 3.26. The van der Waals surface area contributed by atoms with Crippen molar-refractivity contribution in [1.82, 2.24) is 5.32 Å². The second-order valence-electron chi connectivity index (χ2n) is 2.85. The van der Waals surface area contributed by atoms with E-state index in [1.54, 1.807) is 25.2 Å². The van der Waals surface area contributed by atoms with Crippen molar-refractivity contribution >= 4 is 17.4 Å². The van der Waals surface area contributed by atoms with E-state index in [0.29, 0.717) is 10.6 Å². The Labute approximate surface area is 87.1 Å². The fraction of sp³-hybridized carbons (Fsp3) is 0.300. The highest BCUT2D eigenvalue weighted by atomic mass is 35.5. The molecule has 0 fully saturated rings. The van der Waals surface area contributed by atoms with Gasteiger partial charge in [-0.2, -0.15) is 0 Å². The Morgan fingerprint density at radius 2 is 2.29 bits per heavy atom. The molecule has 0 spiro atoms. The molecule has 1 aromatic rings. The van der Waals surface area contributed by atoms with Gasteiger partial charge in [0.25, 0.3) is 0 Å². The van der Waals surface area contributed by atoms with Crippen LogP contribution < -0.4 is 5.32 Å². The van der Waals surface area contributed by atoms with Gasteiger partial charge in [-0.1, -0.05) is 23.7 Å². The summed E-state index contributed by atoms with van der Waals surface area (Å²) in [5.74, 6) is -0.150. The van der Waals surface area contributed by atoms with Crippen molar-refractivity contribution in [3.8, 4) is 0 Å². The van der Waals surface area contributed by atoms with Crippen LogP contribution in [0.2, 0.25) is 5.02 Å². The molecule has 0 unspecified atom stereocenters. The predicted molar refractivity (Wildman–Crippen MR) is 54.5 cm³/mol. The van der Waals surface area contributed by atoms with E-state index < -0.39 is 6.67 Å². The van der Waals surface area contributed by atoms with Crippen LogP contribution in [0.1, 0.15) is 15.9 Å². The van der Waals surface area contributed by atoms with Gasteiger partial charge >= 0.3 is 0 Å². The second kappa shape index (κ2) is 5.08. The zero-order valence-corrected chi connectivity index (χ0v) is 8.57. The van der Waals surface area contributed by atoms with Crippen LogP contribution in [0, 0.1) is 0 Å². The summed E-state index contributed by atoms with van der Waals surface area (Å²) in [7, 11) is 1.66. The molecule has 1 N–H and O–H groups in total. The van der Waals surface area contributed by atoms with E-state index in [1.165, 1.54) is 0 Å². The van der Waals surface area contributed by atoms with Crippen LogP contribution >= 0.6 is 11.6 Å². The summed E-state index contributed by atoms with van der Waals surface area (Å²) < 4.78 is 12.6. The van der Waals surface area contributed by atoms with Gasteiger partial charge in [0, 0.05) is 16.1 Å². The highest BCUT2D eigenvalue weighted by Gasteiger charge is 2.12. The number of carbonyl (C=O) groups is 1. The molecule has 0 amide bonds. The third-order valence-electron chi connectivity index (χ3n) is 1.89. The Kier molecular flexibility index (Phi) is 4.04. The van der Waals surface area contributed by atoms with Gasteiger partial charge in [-0.15, -0.1) is 0 Å². The fourth-order valence-corrected chi connectivity index (χ4v) is 1.44. The maximum absolute atomic E-state index is 12.6. The van der Waals surface area contributed by atoms with Crippen LogP contribution in [0.5, 0.6) is 0 Å². The van der Waals surface area contributed by atoms with Crippen molar-refractivity contribution in [2.45, 2.75) is 6.67 Å². The first kappa shape index (κ1) is 11.1. The van der Waals surface area contributed by atoms with Crippen LogP contribution in [0.3, 0.4) is 0 Å². The molecule has 0 heterocycles. The largest absolute Gasteiger partial charge is 0.313 e. The molecule has 0 bridgehead atoms. The zero-order chi connectivity index (χ0) is 10.6. The SMILES string of the molecule is CNCC(=O)c1cccc(Cl)c1CF. The minimum atomic E-state index is -0.718. The number of nitrogens with one attached hydrogen (secondary N) is 1. The number of hydrogen-bond acceptors (Lipinski definition) is 2. The summed E-state index contributed by atoms with van der Waals surface area (Å²) in [4.78, 5) is 11.5. The fourth-order valence-electron chi connectivity index (χ4n) is 1.21. The van der Waals surface area contributed by atoms with Gasteiger partial charge in [0.2, 0.25) is 0 Å². The highest BCUT2D eigenvalue weighted by Crippen LogP contribution is 2.21. The molecule has 14 heavy (non-hydrogen) atoms. The molecule has 0 aliphatic rings. The summed E-state index contributed by atoms with van der Waals surface area (Å²) in [5.41, 5.74) is 0.628. The molecule has 0 aliphatic heterocycles. The van der Waals surface area contributed by atoms with E-state index in [9.17, 15) is 9.18 Å². The summed E-state index contributed by atoms with van der Waals surface area (Å²) in [5, 5.41) is 3.02. The van der Waals surface area contributed by atoms with Crippen molar-refractivity contribution in [3.05, 3.63) is 34.3 Å². The molecule has 0 radical (unpaired) electrons. The molecule has 0 atom stereocenters. The third-order valence-corrected chi connectivity index (χ3v) is 2.24. The monoisotopic (exact) mass is 215 g/mol. The molecule has 0 aliphatic carbocycles. The van der Waals surface area contributed by atoms with E-state index >= 15 is 0 Å². The van der Waals surface area contributed by atoms with Crippen LogP contribution in [0.25, 0.3) is 0 Å². The van der Waals surface area contributed by atoms with E-state index in [0.717, 1.165) is 0 Å². The number of benzene rings is 1. The first-order chi connectivity index (χ1) is 6.70. The number of ketones is 1. The average molecular weight is 216 g/mol. The molecule has 76 valence electrons. The summed E-state index contributed by atoms with van der Waals surface area (Å²) in [6.07, 6.45) is 0. The lowest BCUT2D eigenvalue weighted by Crippen LogP contribution is -2.19. The Balaban J connectivity index is 3.07. The van der Waals surface area contributed by atoms with Crippen molar-refractivity contribution in [1.29, 1.82) is 0 Å². The molecule has 4 heteroatoms. The molecule has 0 saturated heterocycles. The number of rotatable bonds is 4. The first-order valence-corrected chi connectivity index (χ1v) is 4.59. The van der Waals surface area contributed by atoms with Crippen LogP contribution in [-0.4, -0.2) is 19.4 Å². The van der Waals surface area contributed by atoms with E-state index in [1.807, 2.05) is 0 Å². The maximum atomic E-state index is 12.6. The minimum absolute atomic E-state index is 0.150. The highest BCUT2D eigenvalue weighted by molar-refractivity contribution is 6.31. The van der Waals surface area contributed by atoms with Gasteiger partial charge in [-0.3, -0.25) is 4.79 Å². The minimum Gasteiger partial charge on any atom is -0.313 e. The average Bonchev–Trinajstić information content (AvgIpc) is 2.17. The van der Waals surface area contributed by atoms with Gasteiger partial charge in [0.15, 0.2) is 5.78 Å². The maximum Gasteiger partial charge on any atom is 0.177 e. The summed E-state index contributed by atoms with van der Waals surface area (Å²) in [6, 6.07) is 4.80. The van der Waals surface area contributed by atoms with Crippen LogP contribution in [0.4, 0.5) is 4.39 Å². The lowest BCUT2D eigenvalue weighted by molar-refractivity contribution is 0.0992. The van der Waals surface area contributed by atoms with Crippen LogP contribution in [-0.2, 0) is 6.67 Å².